The lowest BCUT2D eigenvalue weighted by Crippen LogP contribution is -2.15. The first-order valence-corrected chi connectivity index (χ1v) is 17.2. The van der Waals surface area contributed by atoms with E-state index in [1.54, 1.807) is 55.5 Å². The Labute approximate surface area is 273 Å². The third kappa shape index (κ3) is 6.60. The molecule has 0 aliphatic rings. The second kappa shape index (κ2) is 12.1. The Hall–Kier alpha value is -5.25. The number of nitrogens with two attached hydrogens (primary N) is 1. The Morgan fingerprint density at radius 1 is 0.771 bits per heavy atom. The van der Waals surface area contributed by atoms with Gasteiger partial charge in [-0.25, -0.2) is 26.7 Å². The SMILES string of the molecule is Cc1ccc(-c2cc(C(F)(F)F)n(-c3ccc(S(=O)(=O)Nc4cccc(-c5noc(C)c5-c5ccc(S(N)(=O)=O)cc5)c4)cc3)n2)cc1. The third-order valence-electron chi connectivity index (χ3n) is 7.46. The van der Waals surface area contributed by atoms with E-state index in [4.69, 9.17) is 9.66 Å². The van der Waals surface area contributed by atoms with Crippen molar-refractivity contribution in [2.45, 2.75) is 29.8 Å². The zero-order valence-corrected chi connectivity index (χ0v) is 26.9. The van der Waals surface area contributed by atoms with Gasteiger partial charge in [0.1, 0.15) is 17.1 Å². The molecular weight excluding hydrogens is 668 g/mol. The average molecular weight is 694 g/mol. The molecule has 0 bridgehead atoms. The van der Waals surface area contributed by atoms with Crippen LogP contribution in [0, 0.1) is 13.8 Å². The number of hydrogen-bond donors (Lipinski definition) is 2. The van der Waals surface area contributed by atoms with Gasteiger partial charge in [-0.15, -0.1) is 0 Å². The smallest absolute Gasteiger partial charge is 0.360 e. The number of hydrogen-bond acceptors (Lipinski definition) is 7. The van der Waals surface area contributed by atoms with E-state index in [0.717, 1.165) is 16.3 Å². The van der Waals surface area contributed by atoms with Crippen LogP contribution in [0.4, 0.5) is 18.9 Å². The van der Waals surface area contributed by atoms with Gasteiger partial charge in [0, 0.05) is 16.8 Å². The van der Waals surface area contributed by atoms with Gasteiger partial charge >= 0.3 is 6.18 Å². The highest BCUT2D eigenvalue weighted by Crippen LogP contribution is 2.37. The molecule has 0 fully saturated rings. The minimum atomic E-state index is -4.72. The third-order valence-corrected chi connectivity index (χ3v) is 9.79. The highest BCUT2D eigenvalue weighted by molar-refractivity contribution is 7.92. The molecule has 0 aliphatic heterocycles. The molecule has 15 heteroatoms. The molecular formula is C33H26F3N5O5S2. The van der Waals surface area contributed by atoms with E-state index in [1.165, 1.54) is 48.5 Å². The molecule has 6 rings (SSSR count). The Bertz CT molecular complexity index is 2350. The summed E-state index contributed by atoms with van der Waals surface area (Å²) >= 11 is 0. The van der Waals surface area contributed by atoms with Crippen LogP contribution in [-0.4, -0.2) is 31.8 Å². The van der Waals surface area contributed by atoms with Gasteiger partial charge in [-0.2, -0.15) is 18.3 Å². The fourth-order valence-corrected chi connectivity index (χ4v) is 6.64. The molecule has 3 N–H and O–H groups in total. The summed E-state index contributed by atoms with van der Waals surface area (Å²) < 4.78 is 101. The molecule has 0 atom stereocenters. The summed E-state index contributed by atoms with van der Waals surface area (Å²) in [6.45, 7) is 3.54. The Balaban J connectivity index is 1.27. The first-order valence-electron chi connectivity index (χ1n) is 14.2. The van der Waals surface area contributed by atoms with Crippen molar-refractivity contribution in [3.05, 3.63) is 120 Å². The number of benzene rings is 4. The number of sulfonamides is 2. The monoisotopic (exact) mass is 693 g/mol. The Morgan fingerprint density at radius 2 is 1.40 bits per heavy atom. The van der Waals surface area contributed by atoms with Crippen molar-refractivity contribution in [2.75, 3.05) is 4.72 Å². The summed E-state index contributed by atoms with van der Waals surface area (Å²) in [6.07, 6.45) is -4.72. The molecule has 10 nitrogen and oxygen atoms in total. The van der Waals surface area contributed by atoms with Crippen LogP contribution in [0.15, 0.2) is 117 Å². The first-order chi connectivity index (χ1) is 22.6. The summed E-state index contributed by atoms with van der Waals surface area (Å²) in [6, 6.07) is 24.9. The van der Waals surface area contributed by atoms with Crippen LogP contribution in [-0.2, 0) is 26.2 Å². The highest BCUT2D eigenvalue weighted by Gasteiger charge is 2.36. The number of anilines is 1. The minimum Gasteiger partial charge on any atom is -0.360 e. The molecule has 0 aliphatic carbocycles. The zero-order valence-electron chi connectivity index (χ0n) is 25.2. The number of alkyl halides is 3. The number of rotatable bonds is 8. The molecule has 4 aromatic carbocycles. The van der Waals surface area contributed by atoms with Gasteiger partial charge in [-0.3, -0.25) is 4.72 Å². The van der Waals surface area contributed by atoms with E-state index in [9.17, 15) is 30.0 Å². The molecule has 246 valence electrons. The number of aryl methyl sites for hydroxylation is 2. The second-order valence-electron chi connectivity index (χ2n) is 10.9. The topological polar surface area (TPSA) is 150 Å². The zero-order chi connectivity index (χ0) is 34.4. The fraction of sp³-hybridized carbons (Fsp3) is 0.0909. The lowest BCUT2D eigenvalue weighted by atomic mass is 9.99. The Kier molecular flexibility index (Phi) is 8.23. The van der Waals surface area contributed by atoms with Gasteiger partial charge in [0.05, 0.1) is 26.7 Å². The van der Waals surface area contributed by atoms with E-state index in [2.05, 4.69) is 15.0 Å². The molecule has 6 aromatic rings. The van der Waals surface area contributed by atoms with Crippen LogP contribution in [0.5, 0.6) is 0 Å². The van der Waals surface area contributed by atoms with Crippen LogP contribution in [0.2, 0.25) is 0 Å². The lowest BCUT2D eigenvalue weighted by Gasteiger charge is -2.12. The van der Waals surface area contributed by atoms with Gasteiger partial charge in [0.2, 0.25) is 10.0 Å². The normalized spacial score (nSPS) is 12.3. The van der Waals surface area contributed by atoms with Gasteiger partial charge in [0.15, 0.2) is 0 Å². The van der Waals surface area contributed by atoms with E-state index in [-0.39, 0.29) is 26.9 Å². The number of nitrogens with zero attached hydrogens (tertiary/aromatic N) is 3. The van der Waals surface area contributed by atoms with Crippen LogP contribution in [0.3, 0.4) is 0 Å². The fourth-order valence-electron chi connectivity index (χ4n) is 5.08. The molecule has 48 heavy (non-hydrogen) atoms. The first kappa shape index (κ1) is 32.7. The van der Waals surface area contributed by atoms with Gasteiger partial charge < -0.3 is 4.52 Å². The van der Waals surface area contributed by atoms with Gasteiger partial charge in [-0.05, 0) is 74.0 Å². The summed E-state index contributed by atoms with van der Waals surface area (Å²) in [7, 11) is -8.08. The molecule has 0 unspecified atom stereocenters. The van der Waals surface area contributed by atoms with E-state index >= 15 is 0 Å². The number of halogens is 3. The summed E-state index contributed by atoms with van der Waals surface area (Å²) in [5, 5.41) is 13.5. The lowest BCUT2D eigenvalue weighted by molar-refractivity contribution is -0.142. The van der Waals surface area contributed by atoms with E-state index < -0.39 is 31.9 Å². The second-order valence-corrected chi connectivity index (χ2v) is 14.1. The van der Waals surface area contributed by atoms with Gasteiger partial charge in [0.25, 0.3) is 10.0 Å². The molecule has 0 saturated heterocycles. The van der Waals surface area contributed by atoms with Crippen molar-refractivity contribution in [1.82, 2.24) is 14.9 Å². The van der Waals surface area contributed by atoms with Gasteiger partial charge in [-0.1, -0.05) is 59.3 Å². The van der Waals surface area contributed by atoms with Crippen LogP contribution in [0.1, 0.15) is 17.0 Å². The van der Waals surface area contributed by atoms with Crippen molar-refractivity contribution in [3.63, 3.8) is 0 Å². The largest absolute Gasteiger partial charge is 0.433 e. The van der Waals surface area contributed by atoms with E-state index in [0.29, 0.717) is 33.7 Å². The van der Waals surface area contributed by atoms with E-state index in [1.807, 2.05) is 6.92 Å². The number of nitrogens with one attached hydrogen (secondary N) is 1. The average Bonchev–Trinajstić information content (AvgIpc) is 3.66. The standard InChI is InChI=1S/C33H26F3N5O5S2/c1-20-6-8-22(9-7-20)29-19-30(33(34,35)36)41(38-29)26-12-16-28(17-13-26)48(44,45)40-25-5-3-4-24(18-25)32-31(21(2)46-39-32)23-10-14-27(15-11-23)47(37,42)43/h3-19,40H,1-2H3,(H2,37,42,43). The molecule has 0 radical (unpaired) electrons. The van der Waals surface area contributed by atoms with Crippen molar-refractivity contribution in [1.29, 1.82) is 0 Å². The van der Waals surface area contributed by atoms with Crippen molar-refractivity contribution < 1.29 is 34.5 Å². The highest BCUT2D eigenvalue weighted by atomic mass is 32.2. The summed E-state index contributed by atoms with van der Waals surface area (Å²) in [5.41, 5.74) is 2.80. The molecule has 2 aromatic heterocycles. The molecule has 0 spiro atoms. The van der Waals surface area contributed by atoms with Crippen molar-refractivity contribution >= 4 is 25.7 Å². The molecule has 0 amide bonds. The molecule has 2 heterocycles. The van der Waals surface area contributed by atoms with Crippen molar-refractivity contribution in [2.24, 2.45) is 5.14 Å². The van der Waals surface area contributed by atoms with Crippen LogP contribution in [0.25, 0.3) is 39.3 Å². The predicted octanol–water partition coefficient (Wildman–Crippen LogP) is 6.95. The predicted molar refractivity (Wildman–Crippen MR) is 173 cm³/mol. The molecule has 0 saturated carbocycles. The summed E-state index contributed by atoms with van der Waals surface area (Å²) in [5.74, 6) is 0.441. The Morgan fingerprint density at radius 3 is 2.02 bits per heavy atom. The van der Waals surface area contributed by atoms with Crippen molar-refractivity contribution in [3.8, 4) is 39.3 Å². The maximum Gasteiger partial charge on any atom is 0.433 e. The van der Waals surface area contributed by atoms with Crippen LogP contribution < -0.4 is 9.86 Å². The number of primary sulfonamides is 1. The minimum absolute atomic E-state index is 0.0210. The number of aromatic nitrogens is 3. The maximum absolute atomic E-state index is 14.0. The quantitative estimate of drug-likeness (QED) is 0.175. The van der Waals surface area contributed by atoms with Crippen LogP contribution >= 0.6 is 0 Å². The summed E-state index contributed by atoms with van der Waals surface area (Å²) in [4.78, 5) is -0.257. The maximum atomic E-state index is 14.0.